The van der Waals surface area contributed by atoms with Crippen molar-refractivity contribution in [2.45, 2.75) is 19.1 Å². The molecule has 0 spiro atoms. The summed E-state index contributed by atoms with van der Waals surface area (Å²) < 4.78 is 24.2. The number of rotatable bonds is 7. The molecule has 3 aromatic rings. The van der Waals surface area contributed by atoms with Crippen molar-refractivity contribution in [2.24, 2.45) is 5.73 Å². The van der Waals surface area contributed by atoms with Gasteiger partial charge < -0.3 is 15.2 Å². The molecule has 0 aliphatic rings. The minimum atomic E-state index is -0.257. The van der Waals surface area contributed by atoms with Crippen LogP contribution in [0.25, 0.3) is 0 Å². The minimum Gasteiger partial charge on any atom is -0.493 e. The van der Waals surface area contributed by atoms with E-state index in [9.17, 15) is 4.39 Å². The molecule has 0 radical (unpaired) electrons. The standard InChI is InChI=1S/C20H20FNO2S/c1-23-19-12-15(11-17(22)20-3-2-10-25-20)6-9-18(19)24-13-14-4-7-16(21)8-5-14/h2-10,12,17H,11,13,22H2,1H3. The first-order valence-electron chi connectivity index (χ1n) is 7.99. The summed E-state index contributed by atoms with van der Waals surface area (Å²) >= 11 is 1.66. The van der Waals surface area contributed by atoms with Crippen LogP contribution in [0.2, 0.25) is 0 Å². The van der Waals surface area contributed by atoms with Gasteiger partial charge in [0.15, 0.2) is 11.5 Å². The van der Waals surface area contributed by atoms with Gasteiger partial charge in [0.1, 0.15) is 12.4 Å². The average Bonchev–Trinajstić information content (AvgIpc) is 3.16. The number of halogens is 1. The maximum Gasteiger partial charge on any atom is 0.161 e. The molecule has 0 saturated heterocycles. The average molecular weight is 357 g/mol. The molecule has 5 heteroatoms. The Morgan fingerprint density at radius 3 is 2.48 bits per heavy atom. The molecule has 0 aliphatic carbocycles. The Hall–Kier alpha value is -2.37. The second kappa shape index (κ2) is 8.14. The molecule has 3 nitrogen and oxygen atoms in total. The summed E-state index contributed by atoms with van der Waals surface area (Å²) in [7, 11) is 1.61. The molecule has 1 atom stereocenters. The van der Waals surface area contributed by atoms with E-state index in [1.807, 2.05) is 35.7 Å². The monoisotopic (exact) mass is 357 g/mol. The Kier molecular flexibility index (Phi) is 5.68. The molecule has 25 heavy (non-hydrogen) atoms. The van der Waals surface area contributed by atoms with Gasteiger partial charge in [0.2, 0.25) is 0 Å². The molecular formula is C20H20FNO2S. The van der Waals surface area contributed by atoms with Crippen LogP contribution >= 0.6 is 11.3 Å². The van der Waals surface area contributed by atoms with Gasteiger partial charge in [-0.1, -0.05) is 24.3 Å². The van der Waals surface area contributed by atoms with Crippen LogP contribution in [0.1, 0.15) is 22.0 Å². The van der Waals surface area contributed by atoms with E-state index in [1.165, 1.54) is 12.1 Å². The Labute approximate surface area is 150 Å². The summed E-state index contributed by atoms with van der Waals surface area (Å²) in [6.07, 6.45) is 0.731. The summed E-state index contributed by atoms with van der Waals surface area (Å²) in [5, 5.41) is 2.03. The van der Waals surface area contributed by atoms with Crippen LogP contribution in [0.4, 0.5) is 4.39 Å². The first kappa shape index (κ1) is 17.5. The van der Waals surface area contributed by atoms with Gasteiger partial charge in [0.05, 0.1) is 7.11 Å². The van der Waals surface area contributed by atoms with Crippen molar-refractivity contribution >= 4 is 11.3 Å². The fourth-order valence-electron chi connectivity index (χ4n) is 2.56. The van der Waals surface area contributed by atoms with Gasteiger partial charge in [-0.05, 0) is 53.3 Å². The number of benzene rings is 2. The van der Waals surface area contributed by atoms with E-state index in [2.05, 4.69) is 0 Å². The number of hydrogen-bond acceptors (Lipinski definition) is 4. The molecule has 0 saturated carbocycles. The highest BCUT2D eigenvalue weighted by atomic mass is 32.1. The fourth-order valence-corrected chi connectivity index (χ4v) is 3.29. The SMILES string of the molecule is COc1cc(CC(N)c2cccs2)ccc1OCc1ccc(F)cc1. The lowest BCUT2D eigenvalue weighted by Gasteiger charge is -2.14. The van der Waals surface area contributed by atoms with E-state index < -0.39 is 0 Å². The number of thiophene rings is 1. The van der Waals surface area contributed by atoms with E-state index in [1.54, 1.807) is 30.6 Å². The number of hydrogen-bond donors (Lipinski definition) is 1. The van der Waals surface area contributed by atoms with Crippen LogP contribution in [0.15, 0.2) is 60.0 Å². The third-order valence-electron chi connectivity index (χ3n) is 3.90. The van der Waals surface area contributed by atoms with E-state index in [-0.39, 0.29) is 11.9 Å². The topological polar surface area (TPSA) is 44.5 Å². The van der Waals surface area contributed by atoms with Gasteiger partial charge in [-0.2, -0.15) is 0 Å². The van der Waals surface area contributed by atoms with Gasteiger partial charge >= 0.3 is 0 Å². The summed E-state index contributed by atoms with van der Waals surface area (Å²) in [6.45, 7) is 0.352. The lowest BCUT2D eigenvalue weighted by molar-refractivity contribution is 0.284. The molecule has 0 aliphatic heterocycles. The van der Waals surface area contributed by atoms with E-state index >= 15 is 0 Å². The second-order valence-corrected chi connectivity index (χ2v) is 6.71. The van der Waals surface area contributed by atoms with Crippen molar-refractivity contribution in [2.75, 3.05) is 7.11 Å². The maximum absolute atomic E-state index is 12.9. The van der Waals surface area contributed by atoms with Crippen molar-refractivity contribution in [1.29, 1.82) is 0 Å². The largest absolute Gasteiger partial charge is 0.493 e. The number of ether oxygens (including phenoxy) is 2. The van der Waals surface area contributed by atoms with Crippen molar-refractivity contribution in [1.82, 2.24) is 0 Å². The lowest BCUT2D eigenvalue weighted by atomic mass is 10.0. The van der Waals surface area contributed by atoms with Crippen molar-refractivity contribution in [3.05, 3.63) is 81.8 Å². The lowest BCUT2D eigenvalue weighted by Crippen LogP contribution is -2.11. The number of methoxy groups -OCH3 is 1. The highest BCUT2D eigenvalue weighted by molar-refractivity contribution is 7.10. The molecule has 1 heterocycles. The zero-order chi connectivity index (χ0) is 17.6. The maximum atomic E-state index is 12.9. The van der Waals surface area contributed by atoms with Crippen molar-refractivity contribution in [3.8, 4) is 11.5 Å². The molecule has 0 bridgehead atoms. The normalized spacial score (nSPS) is 12.0. The fraction of sp³-hybridized carbons (Fsp3) is 0.200. The van der Waals surface area contributed by atoms with Crippen LogP contribution in [0.3, 0.4) is 0 Å². The Morgan fingerprint density at radius 2 is 1.80 bits per heavy atom. The highest BCUT2D eigenvalue weighted by Crippen LogP contribution is 2.30. The van der Waals surface area contributed by atoms with Crippen LogP contribution in [-0.2, 0) is 13.0 Å². The van der Waals surface area contributed by atoms with Gasteiger partial charge in [-0.15, -0.1) is 11.3 Å². The quantitative estimate of drug-likeness (QED) is 0.665. The zero-order valence-corrected chi connectivity index (χ0v) is 14.8. The zero-order valence-electron chi connectivity index (χ0n) is 13.9. The predicted octanol–water partition coefficient (Wildman–Crippen LogP) is 4.72. The van der Waals surface area contributed by atoms with Crippen molar-refractivity contribution in [3.63, 3.8) is 0 Å². The predicted molar refractivity (Wildman–Crippen MR) is 98.7 cm³/mol. The molecular weight excluding hydrogens is 337 g/mol. The molecule has 0 amide bonds. The van der Waals surface area contributed by atoms with Gasteiger partial charge in [-0.25, -0.2) is 4.39 Å². The van der Waals surface area contributed by atoms with E-state index in [0.717, 1.165) is 22.4 Å². The third-order valence-corrected chi connectivity index (χ3v) is 4.90. The summed E-state index contributed by atoms with van der Waals surface area (Å²) in [6, 6.07) is 16.1. The molecule has 130 valence electrons. The van der Waals surface area contributed by atoms with Crippen molar-refractivity contribution < 1.29 is 13.9 Å². The third kappa shape index (κ3) is 4.59. The summed E-state index contributed by atoms with van der Waals surface area (Å²) in [5.74, 6) is 1.06. The highest BCUT2D eigenvalue weighted by Gasteiger charge is 2.11. The smallest absolute Gasteiger partial charge is 0.161 e. The molecule has 0 fully saturated rings. The molecule has 1 aromatic heterocycles. The van der Waals surface area contributed by atoms with Crippen LogP contribution in [0, 0.1) is 5.82 Å². The first-order chi connectivity index (χ1) is 12.2. The van der Waals surface area contributed by atoms with E-state index in [4.69, 9.17) is 15.2 Å². The molecule has 1 unspecified atom stereocenters. The second-order valence-electron chi connectivity index (χ2n) is 5.73. The van der Waals surface area contributed by atoms with Gasteiger partial charge in [0.25, 0.3) is 0 Å². The van der Waals surface area contributed by atoms with Crippen LogP contribution in [0.5, 0.6) is 11.5 Å². The Balaban J connectivity index is 1.67. The number of nitrogens with two attached hydrogens (primary N) is 1. The summed E-state index contributed by atoms with van der Waals surface area (Å²) in [4.78, 5) is 1.16. The molecule has 2 aromatic carbocycles. The van der Waals surface area contributed by atoms with Gasteiger partial charge in [0, 0.05) is 10.9 Å². The Bertz CT molecular complexity index is 803. The van der Waals surface area contributed by atoms with Crippen LogP contribution < -0.4 is 15.2 Å². The van der Waals surface area contributed by atoms with E-state index in [0.29, 0.717) is 18.1 Å². The minimum absolute atomic E-state index is 0.0318. The summed E-state index contributed by atoms with van der Waals surface area (Å²) in [5.41, 5.74) is 8.24. The molecule has 2 N–H and O–H groups in total. The Morgan fingerprint density at radius 1 is 1.04 bits per heavy atom. The first-order valence-corrected chi connectivity index (χ1v) is 8.87. The molecule has 3 rings (SSSR count). The van der Waals surface area contributed by atoms with Gasteiger partial charge in [-0.3, -0.25) is 0 Å². The van der Waals surface area contributed by atoms with Crippen LogP contribution in [-0.4, -0.2) is 7.11 Å².